The average Bonchev–Trinajstić information content (AvgIpc) is 2.86. The van der Waals surface area contributed by atoms with Crippen LogP contribution in [0.1, 0.15) is 18.4 Å². The van der Waals surface area contributed by atoms with E-state index < -0.39 is 0 Å². The number of rotatable bonds is 10. The van der Waals surface area contributed by atoms with E-state index in [-0.39, 0.29) is 5.56 Å². The molecule has 0 radical (unpaired) electrons. The summed E-state index contributed by atoms with van der Waals surface area (Å²) in [6, 6.07) is 23.1. The standard InChI is InChI=1S/C28H28N2O3/c1-3-10-21-11-4-7-14-26(21)33-20-9-8-19-30-27(22-15-17-23(32-2)18-16-22)29-25-13-6-5-12-24(25)28(30)31/h3-7,11-18H,1,8-10,19-20H2,2H3. The second-order valence-electron chi connectivity index (χ2n) is 7.79. The Kier molecular flexibility index (Phi) is 7.20. The van der Waals surface area contributed by atoms with E-state index in [9.17, 15) is 4.79 Å². The topological polar surface area (TPSA) is 53.4 Å². The molecule has 0 bridgehead atoms. The van der Waals surface area contributed by atoms with Crippen LogP contribution >= 0.6 is 0 Å². The molecule has 0 saturated heterocycles. The van der Waals surface area contributed by atoms with Gasteiger partial charge in [-0.2, -0.15) is 0 Å². The Hall–Kier alpha value is -3.86. The normalized spacial score (nSPS) is 10.8. The predicted octanol–water partition coefficient (Wildman–Crippen LogP) is 5.66. The van der Waals surface area contributed by atoms with Crippen molar-refractivity contribution in [2.45, 2.75) is 25.8 Å². The van der Waals surface area contributed by atoms with Crippen molar-refractivity contribution >= 4 is 10.9 Å². The maximum Gasteiger partial charge on any atom is 0.261 e. The van der Waals surface area contributed by atoms with Crippen LogP contribution in [0.4, 0.5) is 0 Å². The molecule has 3 aromatic carbocycles. The van der Waals surface area contributed by atoms with Crippen LogP contribution in [-0.2, 0) is 13.0 Å². The highest BCUT2D eigenvalue weighted by Gasteiger charge is 2.13. The first-order chi connectivity index (χ1) is 16.2. The van der Waals surface area contributed by atoms with Gasteiger partial charge in [-0.15, -0.1) is 6.58 Å². The van der Waals surface area contributed by atoms with Crippen LogP contribution in [0.15, 0.2) is 90.2 Å². The molecule has 0 N–H and O–H groups in total. The minimum atomic E-state index is -0.0244. The SMILES string of the molecule is C=CCc1ccccc1OCCCCn1c(-c2ccc(OC)cc2)nc2ccccc2c1=O. The molecule has 4 aromatic rings. The molecule has 0 aliphatic heterocycles. The molecule has 4 rings (SSSR count). The van der Waals surface area contributed by atoms with Crippen LogP contribution in [0, 0.1) is 0 Å². The van der Waals surface area contributed by atoms with Gasteiger partial charge in [-0.05, 0) is 67.3 Å². The summed E-state index contributed by atoms with van der Waals surface area (Å²) in [6.07, 6.45) is 4.28. The van der Waals surface area contributed by atoms with Gasteiger partial charge in [-0.25, -0.2) is 4.98 Å². The Morgan fingerprint density at radius 2 is 1.73 bits per heavy atom. The van der Waals surface area contributed by atoms with Crippen molar-refractivity contribution in [3.8, 4) is 22.9 Å². The maximum absolute atomic E-state index is 13.3. The first-order valence-corrected chi connectivity index (χ1v) is 11.2. The van der Waals surface area contributed by atoms with Crippen LogP contribution in [0.2, 0.25) is 0 Å². The smallest absolute Gasteiger partial charge is 0.261 e. The zero-order chi connectivity index (χ0) is 23.0. The van der Waals surface area contributed by atoms with Gasteiger partial charge >= 0.3 is 0 Å². The summed E-state index contributed by atoms with van der Waals surface area (Å²) in [5.74, 6) is 2.32. The highest BCUT2D eigenvalue weighted by atomic mass is 16.5. The number of para-hydroxylation sites is 2. The lowest BCUT2D eigenvalue weighted by Crippen LogP contribution is -2.24. The third kappa shape index (κ3) is 5.14. The highest BCUT2D eigenvalue weighted by Crippen LogP contribution is 2.23. The quantitative estimate of drug-likeness (QED) is 0.236. The van der Waals surface area contributed by atoms with E-state index in [1.165, 1.54) is 0 Å². The summed E-state index contributed by atoms with van der Waals surface area (Å²) in [5, 5.41) is 0.629. The van der Waals surface area contributed by atoms with Gasteiger partial charge in [0.1, 0.15) is 17.3 Å². The Balaban J connectivity index is 1.52. The zero-order valence-corrected chi connectivity index (χ0v) is 18.9. The summed E-state index contributed by atoms with van der Waals surface area (Å²) in [7, 11) is 1.64. The fourth-order valence-electron chi connectivity index (χ4n) is 3.86. The molecule has 0 aliphatic rings. The molecule has 33 heavy (non-hydrogen) atoms. The van der Waals surface area contributed by atoms with E-state index in [0.29, 0.717) is 29.9 Å². The molecule has 1 heterocycles. The molecule has 0 fully saturated rings. The molecular weight excluding hydrogens is 412 g/mol. The number of methoxy groups -OCH3 is 1. The summed E-state index contributed by atoms with van der Waals surface area (Å²) in [6.45, 7) is 4.96. The number of allylic oxidation sites excluding steroid dienone is 1. The van der Waals surface area contributed by atoms with Crippen molar-refractivity contribution in [2.75, 3.05) is 13.7 Å². The number of hydrogen-bond acceptors (Lipinski definition) is 4. The second kappa shape index (κ2) is 10.6. The summed E-state index contributed by atoms with van der Waals surface area (Å²) < 4.78 is 13.1. The van der Waals surface area contributed by atoms with Crippen molar-refractivity contribution < 1.29 is 9.47 Å². The van der Waals surface area contributed by atoms with E-state index in [4.69, 9.17) is 14.5 Å². The average molecular weight is 441 g/mol. The number of unbranched alkanes of at least 4 members (excludes halogenated alkanes) is 1. The largest absolute Gasteiger partial charge is 0.497 e. The van der Waals surface area contributed by atoms with Crippen molar-refractivity contribution in [1.29, 1.82) is 0 Å². The molecule has 0 unspecified atom stereocenters. The van der Waals surface area contributed by atoms with Crippen molar-refractivity contribution in [3.05, 3.63) is 101 Å². The van der Waals surface area contributed by atoms with E-state index in [2.05, 4.69) is 12.6 Å². The number of aromatic nitrogens is 2. The van der Waals surface area contributed by atoms with Crippen LogP contribution < -0.4 is 15.0 Å². The fraction of sp³-hybridized carbons (Fsp3) is 0.214. The number of hydrogen-bond donors (Lipinski definition) is 0. The molecular formula is C28H28N2O3. The van der Waals surface area contributed by atoms with Crippen LogP contribution in [0.25, 0.3) is 22.3 Å². The predicted molar refractivity (Wildman–Crippen MR) is 133 cm³/mol. The number of ether oxygens (including phenoxy) is 2. The monoisotopic (exact) mass is 440 g/mol. The first kappa shape index (κ1) is 22.3. The van der Waals surface area contributed by atoms with E-state index in [1.807, 2.05) is 72.8 Å². The van der Waals surface area contributed by atoms with E-state index in [0.717, 1.165) is 41.9 Å². The number of benzene rings is 3. The Bertz CT molecular complexity index is 1290. The highest BCUT2D eigenvalue weighted by molar-refractivity contribution is 5.79. The lowest BCUT2D eigenvalue weighted by atomic mass is 10.1. The Labute approximate surface area is 193 Å². The molecule has 168 valence electrons. The zero-order valence-electron chi connectivity index (χ0n) is 18.9. The Morgan fingerprint density at radius 1 is 0.970 bits per heavy atom. The van der Waals surface area contributed by atoms with E-state index >= 15 is 0 Å². The Morgan fingerprint density at radius 3 is 2.52 bits per heavy atom. The van der Waals surface area contributed by atoms with Crippen LogP contribution in [0.3, 0.4) is 0 Å². The minimum Gasteiger partial charge on any atom is -0.497 e. The molecule has 0 atom stereocenters. The molecule has 5 nitrogen and oxygen atoms in total. The van der Waals surface area contributed by atoms with Crippen LogP contribution in [-0.4, -0.2) is 23.3 Å². The van der Waals surface area contributed by atoms with E-state index in [1.54, 1.807) is 11.7 Å². The minimum absolute atomic E-state index is 0.0244. The summed E-state index contributed by atoms with van der Waals surface area (Å²) in [4.78, 5) is 18.1. The van der Waals surface area contributed by atoms with Gasteiger partial charge in [0, 0.05) is 12.1 Å². The third-order valence-electron chi connectivity index (χ3n) is 5.58. The van der Waals surface area contributed by atoms with Crippen LogP contribution in [0.5, 0.6) is 11.5 Å². The van der Waals surface area contributed by atoms with Gasteiger partial charge in [0.2, 0.25) is 0 Å². The molecule has 5 heteroatoms. The lowest BCUT2D eigenvalue weighted by molar-refractivity contribution is 0.300. The summed E-state index contributed by atoms with van der Waals surface area (Å²) >= 11 is 0. The van der Waals surface area contributed by atoms with Crippen molar-refractivity contribution in [2.24, 2.45) is 0 Å². The van der Waals surface area contributed by atoms with Gasteiger partial charge in [0.15, 0.2) is 0 Å². The number of fused-ring (bicyclic) bond motifs is 1. The van der Waals surface area contributed by atoms with Crippen molar-refractivity contribution in [1.82, 2.24) is 9.55 Å². The molecule has 0 saturated carbocycles. The fourth-order valence-corrected chi connectivity index (χ4v) is 3.86. The first-order valence-electron chi connectivity index (χ1n) is 11.2. The van der Waals surface area contributed by atoms with Gasteiger partial charge in [0.05, 0.1) is 24.6 Å². The van der Waals surface area contributed by atoms with Gasteiger partial charge in [-0.1, -0.05) is 36.4 Å². The van der Waals surface area contributed by atoms with Gasteiger partial charge < -0.3 is 9.47 Å². The number of nitrogens with zero attached hydrogens (tertiary/aromatic N) is 2. The van der Waals surface area contributed by atoms with Gasteiger partial charge in [-0.3, -0.25) is 9.36 Å². The second-order valence-corrected chi connectivity index (χ2v) is 7.79. The summed E-state index contributed by atoms with van der Waals surface area (Å²) in [5.41, 5.74) is 2.69. The molecule has 0 spiro atoms. The maximum atomic E-state index is 13.3. The van der Waals surface area contributed by atoms with Gasteiger partial charge in [0.25, 0.3) is 5.56 Å². The molecule has 1 aromatic heterocycles. The molecule has 0 aliphatic carbocycles. The third-order valence-corrected chi connectivity index (χ3v) is 5.58. The molecule has 0 amide bonds. The van der Waals surface area contributed by atoms with Crippen molar-refractivity contribution in [3.63, 3.8) is 0 Å². The lowest BCUT2D eigenvalue weighted by Gasteiger charge is -2.15.